The molecule has 51 heavy (non-hydrogen) atoms. The van der Waals surface area contributed by atoms with Gasteiger partial charge in [-0.05, 0) is 130 Å². The summed E-state index contributed by atoms with van der Waals surface area (Å²) in [5.41, 5.74) is 17.0. The van der Waals surface area contributed by atoms with E-state index in [1.54, 1.807) is 12.1 Å². The van der Waals surface area contributed by atoms with E-state index >= 15 is 0 Å². The van der Waals surface area contributed by atoms with Crippen LogP contribution in [0.15, 0.2) is 152 Å². The molecule has 0 unspecified atom stereocenters. The maximum Gasteiger partial charge on any atom is 0.123 e. The molecular weight excluding hydrogens is 620 g/mol. The quantitative estimate of drug-likeness (QED) is 0.166. The molecule has 0 atom stereocenters. The number of fused-ring (bicyclic) bond motifs is 8. The van der Waals surface area contributed by atoms with Gasteiger partial charge in [0.05, 0.1) is 0 Å². The fraction of sp³-hybridized carbons (Fsp3) is 0.120. The third-order valence-corrected chi connectivity index (χ3v) is 11.9. The van der Waals surface area contributed by atoms with Crippen LogP contribution in [-0.4, -0.2) is 0 Å². The lowest BCUT2D eigenvalue weighted by Crippen LogP contribution is -2.15. The standard InChI is InChI=1S/C50H37F/c1-49(2)43-26-31(32-19-23-36-38-25-21-34(51)29-46(38)50(3,4)44(36)27-32)18-22-35(43)37-24-20-33(28-45(37)49)48-41-16-10-8-14-39(41)47(30-12-6-5-7-13-30)40-15-9-11-17-42(40)48/h5-29H,1-4H3. The van der Waals surface area contributed by atoms with E-state index in [1.165, 1.54) is 88.3 Å². The van der Waals surface area contributed by atoms with E-state index in [9.17, 15) is 4.39 Å². The lowest BCUT2D eigenvalue weighted by molar-refractivity contribution is 0.609. The van der Waals surface area contributed by atoms with Crippen molar-refractivity contribution in [2.24, 2.45) is 0 Å². The van der Waals surface area contributed by atoms with Gasteiger partial charge >= 0.3 is 0 Å². The van der Waals surface area contributed by atoms with Gasteiger partial charge in [0.2, 0.25) is 0 Å². The second kappa shape index (κ2) is 10.6. The highest BCUT2D eigenvalue weighted by Gasteiger charge is 2.38. The van der Waals surface area contributed by atoms with Crippen molar-refractivity contribution in [1.29, 1.82) is 0 Å². The third-order valence-electron chi connectivity index (χ3n) is 11.9. The van der Waals surface area contributed by atoms with Crippen LogP contribution < -0.4 is 0 Å². The van der Waals surface area contributed by atoms with Gasteiger partial charge < -0.3 is 0 Å². The molecule has 0 bridgehead atoms. The molecular formula is C50H37F. The Kier molecular flexibility index (Phi) is 6.25. The molecule has 0 amide bonds. The number of hydrogen-bond donors (Lipinski definition) is 0. The van der Waals surface area contributed by atoms with Crippen molar-refractivity contribution in [3.63, 3.8) is 0 Å². The van der Waals surface area contributed by atoms with Crippen molar-refractivity contribution in [3.8, 4) is 55.6 Å². The fourth-order valence-electron chi connectivity index (χ4n) is 9.32. The Labute approximate surface area is 298 Å². The molecule has 0 heterocycles. The first-order valence-electron chi connectivity index (χ1n) is 18.0. The smallest absolute Gasteiger partial charge is 0.123 e. The number of rotatable bonds is 3. The number of hydrogen-bond acceptors (Lipinski definition) is 0. The molecule has 0 spiro atoms. The second-order valence-electron chi connectivity index (χ2n) is 15.4. The van der Waals surface area contributed by atoms with Crippen molar-refractivity contribution in [2.75, 3.05) is 0 Å². The van der Waals surface area contributed by atoms with E-state index in [2.05, 4.69) is 161 Å². The highest BCUT2D eigenvalue weighted by atomic mass is 19.1. The predicted octanol–water partition coefficient (Wildman–Crippen LogP) is 13.7. The summed E-state index contributed by atoms with van der Waals surface area (Å²) < 4.78 is 14.3. The molecule has 244 valence electrons. The molecule has 8 aromatic carbocycles. The molecule has 2 aliphatic carbocycles. The van der Waals surface area contributed by atoms with Gasteiger partial charge in [0, 0.05) is 10.8 Å². The Morgan fingerprint density at radius 3 is 1.16 bits per heavy atom. The second-order valence-corrected chi connectivity index (χ2v) is 15.4. The maximum atomic E-state index is 14.3. The Morgan fingerprint density at radius 1 is 0.333 bits per heavy atom. The minimum atomic E-state index is -0.265. The normalized spacial score (nSPS) is 14.7. The van der Waals surface area contributed by atoms with Gasteiger partial charge in [0.25, 0.3) is 0 Å². The molecule has 0 radical (unpaired) electrons. The summed E-state index contributed by atoms with van der Waals surface area (Å²) in [5, 5.41) is 5.09. The van der Waals surface area contributed by atoms with Crippen LogP contribution in [0.1, 0.15) is 49.9 Å². The zero-order chi connectivity index (χ0) is 34.6. The Bertz CT molecular complexity index is 2690. The largest absolute Gasteiger partial charge is 0.207 e. The lowest BCUT2D eigenvalue weighted by atomic mass is 9.79. The van der Waals surface area contributed by atoms with Gasteiger partial charge in [-0.2, -0.15) is 0 Å². The van der Waals surface area contributed by atoms with Gasteiger partial charge in [-0.25, -0.2) is 4.39 Å². The summed E-state index contributed by atoms with van der Waals surface area (Å²) in [5.74, 6) is -0.177. The molecule has 0 nitrogen and oxygen atoms in total. The highest BCUT2D eigenvalue weighted by Crippen LogP contribution is 2.53. The Hall–Kier alpha value is -5.79. The van der Waals surface area contributed by atoms with Crippen molar-refractivity contribution in [1.82, 2.24) is 0 Å². The van der Waals surface area contributed by atoms with E-state index in [4.69, 9.17) is 0 Å². The van der Waals surface area contributed by atoms with Crippen LogP contribution in [0.5, 0.6) is 0 Å². The lowest BCUT2D eigenvalue weighted by Gasteiger charge is -2.24. The summed E-state index contributed by atoms with van der Waals surface area (Å²) in [6.07, 6.45) is 0. The highest BCUT2D eigenvalue weighted by molar-refractivity contribution is 6.21. The van der Waals surface area contributed by atoms with Crippen LogP contribution in [0.3, 0.4) is 0 Å². The molecule has 0 aromatic heterocycles. The topological polar surface area (TPSA) is 0 Å². The molecule has 0 aliphatic heterocycles. The van der Waals surface area contributed by atoms with Crippen molar-refractivity contribution in [2.45, 2.75) is 38.5 Å². The van der Waals surface area contributed by atoms with E-state index in [0.717, 1.165) is 11.1 Å². The van der Waals surface area contributed by atoms with Gasteiger partial charge in [-0.1, -0.05) is 149 Å². The zero-order valence-corrected chi connectivity index (χ0v) is 29.3. The summed E-state index contributed by atoms with van der Waals surface area (Å²) in [7, 11) is 0. The summed E-state index contributed by atoms with van der Waals surface area (Å²) >= 11 is 0. The fourth-order valence-corrected chi connectivity index (χ4v) is 9.32. The molecule has 8 aromatic rings. The first kappa shape index (κ1) is 30.1. The van der Waals surface area contributed by atoms with E-state index in [-0.39, 0.29) is 16.6 Å². The monoisotopic (exact) mass is 656 g/mol. The van der Waals surface area contributed by atoms with Crippen LogP contribution in [0, 0.1) is 5.82 Å². The van der Waals surface area contributed by atoms with Crippen LogP contribution in [-0.2, 0) is 10.8 Å². The van der Waals surface area contributed by atoms with Crippen LogP contribution >= 0.6 is 0 Å². The van der Waals surface area contributed by atoms with Gasteiger partial charge in [-0.3, -0.25) is 0 Å². The molecule has 0 saturated heterocycles. The minimum Gasteiger partial charge on any atom is -0.207 e. The molecule has 1 heteroatoms. The number of halogens is 1. The van der Waals surface area contributed by atoms with Crippen LogP contribution in [0.2, 0.25) is 0 Å². The van der Waals surface area contributed by atoms with Crippen LogP contribution in [0.4, 0.5) is 4.39 Å². The zero-order valence-electron chi connectivity index (χ0n) is 29.3. The molecule has 0 N–H and O–H groups in total. The van der Waals surface area contributed by atoms with Crippen molar-refractivity contribution in [3.05, 3.63) is 180 Å². The van der Waals surface area contributed by atoms with E-state index < -0.39 is 0 Å². The van der Waals surface area contributed by atoms with Gasteiger partial charge in [0.1, 0.15) is 5.82 Å². The summed E-state index contributed by atoms with van der Waals surface area (Å²) in [6, 6.07) is 54.7. The first-order valence-corrected chi connectivity index (χ1v) is 18.0. The molecule has 0 saturated carbocycles. The SMILES string of the molecule is CC1(C)c2cc(F)ccc2-c2ccc(-c3ccc4c(c3)C(C)(C)c3cc(-c5c6ccccc6c(-c6ccccc6)c6ccccc56)ccc3-4)cc21. The summed E-state index contributed by atoms with van der Waals surface area (Å²) in [6.45, 7) is 9.17. The van der Waals surface area contributed by atoms with E-state index in [0.29, 0.717) is 0 Å². The van der Waals surface area contributed by atoms with Crippen molar-refractivity contribution >= 4 is 21.5 Å². The molecule has 2 aliphatic rings. The van der Waals surface area contributed by atoms with Gasteiger partial charge in [0.15, 0.2) is 0 Å². The maximum absolute atomic E-state index is 14.3. The number of benzene rings is 8. The van der Waals surface area contributed by atoms with Crippen LogP contribution in [0.25, 0.3) is 77.2 Å². The predicted molar refractivity (Wildman–Crippen MR) is 213 cm³/mol. The minimum absolute atomic E-state index is 0.177. The molecule has 10 rings (SSSR count). The first-order chi connectivity index (χ1) is 24.7. The third kappa shape index (κ3) is 4.25. The van der Waals surface area contributed by atoms with Gasteiger partial charge in [-0.15, -0.1) is 0 Å². The average molecular weight is 657 g/mol. The Morgan fingerprint density at radius 2 is 0.686 bits per heavy atom. The molecule has 0 fully saturated rings. The van der Waals surface area contributed by atoms with E-state index in [1.807, 2.05) is 6.07 Å². The van der Waals surface area contributed by atoms with Crippen molar-refractivity contribution < 1.29 is 4.39 Å². The summed E-state index contributed by atoms with van der Waals surface area (Å²) in [4.78, 5) is 0. The Balaban J connectivity index is 1.10. The average Bonchev–Trinajstić information content (AvgIpc) is 3.52.